The van der Waals surface area contributed by atoms with Crippen LogP contribution in [0.4, 0.5) is 11.4 Å². The molecule has 0 aromatic heterocycles. The molecule has 0 radical (unpaired) electrons. The van der Waals surface area contributed by atoms with Crippen LogP contribution in [0.25, 0.3) is 0 Å². The van der Waals surface area contributed by atoms with E-state index in [1.165, 1.54) is 4.90 Å². The first-order valence-electron chi connectivity index (χ1n) is 7.36. The van der Waals surface area contributed by atoms with Crippen molar-refractivity contribution in [3.8, 4) is 0 Å². The topological polar surface area (TPSA) is 49.4 Å². The molecule has 1 aliphatic heterocycles. The van der Waals surface area contributed by atoms with Crippen LogP contribution in [0.15, 0.2) is 40.9 Å². The molecule has 1 fully saturated rings. The SMILES string of the molecule is O=C(Nc1ccc(Br)c(Cl)c1)[C@@H]1CC(=O)N(c2cc(Cl)ccc2Cl)C1. The second-order valence-electron chi connectivity index (χ2n) is 5.62. The molecule has 1 saturated heterocycles. The van der Waals surface area contributed by atoms with E-state index in [0.717, 1.165) is 4.47 Å². The summed E-state index contributed by atoms with van der Waals surface area (Å²) in [4.78, 5) is 26.3. The molecule has 1 aliphatic rings. The predicted octanol–water partition coefficient (Wildman–Crippen LogP) is 5.40. The number of carbonyl (C=O) groups excluding carboxylic acids is 2. The number of benzene rings is 2. The number of hydrogen-bond donors (Lipinski definition) is 1. The standard InChI is InChI=1S/C17H12BrCl3N2O2/c18-12-3-2-11(7-14(12)21)22-17(25)9-5-16(24)23(8-9)15-6-10(19)1-4-13(15)20/h1-4,6-7,9H,5,8H2,(H,22,25)/t9-/m1/s1. The quantitative estimate of drug-likeness (QED) is 0.664. The molecule has 1 N–H and O–H groups in total. The Labute approximate surface area is 168 Å². The van der Waals surface area contributed by atoms with Crippen molar-refractivity contribution >= 4 is 73.9 Å². The van der Waals surface area contributed by atoms with E-state index < -0.39 is 5.92 Å². The molecule has 0 spiro atoms. The molecular weight excluding hydrogens is 450 g/mol. The Bertz CT molecular complexity index is 860. The number of nitrogens with one attached hydrogen (secondary N) is 1. The summed E-state index contributed by atoms with van der Waals surface area (Å²) in [6.07, 6.45) is 0.110. The highest BCUT2D eigenvalue weighted by Gasteiger charge is 2.36. The highest BCUT2D eigenvalue weighted by Crippen LogP contribution is 2.34. The summed E-state index contributed by atoms with van der Waals surface area (Å²) < 4.78 is 0.741. The van der Waals surface area contributed by atoms with E-state index in [-0.39, 0.29) is 24.8 Å². The predicted molar refractivity (Wildman–Crippen MR) is 105 cm³/mol. The third kappa shape index (κ3) is 4.11. The van der Waals surface area contributed by atoms with Crippen LogP contribution < -0.4 is 10.2 Å². The Morgan fingerprint density at radius 2 is 1.88 bits per heavy atom. The molecule has 0 unspecified atom stereocenters. The largest absolute Gasteiger partial charge is 0.326 e. The van der Waals surface area contributed by atoms with Crippen LogP contribution in [0.2, 0.25) is 15.1 Å². The molecule has 25 heavy (non-hydrogen) atoms. The summed E-state index contributed by atoms with van der Waals surface area (Å²) in [6, 6.07) is 10.0. The lowest BCUT2D eigenvalue weighted by atomic mass is 10.1. The maximum atomic E-state index is 12.5. The highest BCUT2D eigenvalue weighted by atomic mass is 79.9. The molecular formula is C17H12BrCl3N2O2. The van der Waals surface area contributed by atoms with E-state index in [2.05, 4.69) is 21.2 Å². The summed E-state index contributed by atoms with van der Waals surface area (Å²) in [5.41, 5.74) is 1.09. The Morgan fingerprint density at radius 1 is 1.12 bits per heavy atom. The lowest BCUT2D eigenvalue weighted by Gasteiger charge is -2.18. The van der Waals surface area contributed by atoms with Gasteiger partial charge in [-0.25, -0.2) is 0 Å². The van der Waals surface area contributed by atoms with Crippen LogP contribution in [0.3, 0.4) is 0 Å². The lowest BCUT2D eigenvalue weighted by Crippen LogP contribution is -2.28. The number of amides is 2. The van der Waals surface area contributed by atoms with Gasteiger partial charge in [-0.2, -0.15) is 0 Å². The van der Waals surface area contributed by atoms with Gasteiger partial charge in [0.1, 0.15) is 0 Å². The van der Waals surface area contributed by atoms with E-state index >= 15 is 0 Å². The first-order valence-corrected chi connectivity index (χ1v) is 9.29. The lowest BCUT2D eigenvalue weighted by molar-refractivity contribution is -0.122. The zero-order chi connectivity index (χ0) is 18.1. The van der Waals surface area contributed by atoms with E-state index in [9.17, 15) is 9.59 Å². The van der Waals surface area contributed by atoms with Crippen molar-refractivity contribution in [3.05, 3.63) is 55.9 Å². The Morgan fingerprint density at radius 3 is 2.60 bits per heavy atom. The molecule has 4 nitrogen and oxygen atoms in total. The van der Waals surface area contributed by atoms with Gasteiger partial charge >= 0.3 is 0 Å². The van der Waals surface area contributed by atoms with Gasteiger partial charge in [-0.05, 0) is 52.3 Å². The second kappa shape index (κ2) is 7.54. The Balaban J connectivity index is 1.74. The van der Waals surface area contributed by atoms with Crippen LogP contribution in [0.1, 0.15) is 6.42 Å². The van der Waals surface area contributed by atoms with Gasteiger partial charge in [0.25, 0.3) is 0 Å². The van der Waals surface area contributed by atoms with E-state index in [4.69, 9.17) is 34.8 Å². The van der Waals surface area contributed by atoms with Crippen LogP contribution in [0.5, 0.6) is 0 Å². The molecule has 3 rings (SSSR count). The summed E-state index contributed by atoms with van der Waals surface area (Å²) in [7, 11) is 0. The molecule has 8 heteroatoms. The molecule has 2 aromatic carbocycles. The van der Waals surface area contributed by atoms with Crippen molar-refractivity contribution in [2.45, 2.75) is 6.42 Å². The van der Waals surface area contributed by atoms with Crippen molar-refractivity contribution in [1.29, 1.82) is 0 Å². The highest BCUT2D eigenvalue weighted by molar-refractivity contribution is 9.10. The molecule has 2 aromatic rings. The summed E-state index contributed by atoms with van der Waals surface area (Å²) in [5, 5.41) is 4.17. The van der Waals surface area contributed by atoms with Crippen molar-refractivity contribution < 1.29 is 9.59 Å². The normalized spacial score (nSPS) is 17.0. The number of anilines is 2. The average Bonchev–Trinajstić information content (AvgIpc) is 2.95. The fraction of sp³-hybridized carbons (Fsp3) is 0.176. The number of halogens is 4. The zero-order valence-corrected chi connectivity index (χ0v) is 16.6. The van der Waals surface area contributed by atoms with Crippen molar-refractivity contribution in [1.82, 2.24) is 0 Å². The van der Waals surface area contributed by atoms with Gasteiger partial charge in [0.15, 0.2) is 0 Å². The summed E-state index contributed by atoms with van der Waals surface area (Å²) >= 11 is 21.5. The van der Waals surface area contributed by atoms with Crippen molar-refractivity contribution in [2.75, 3.05) is 16.8 Å². The molecule has 130 valence electrons. The van der Waals surface area contributed by atoms with Gasteiger partial charge in [0, 0.05) is 28.1 Å². The maximum Gasteiger partial charge on any atom is 0.229 e. The third-order valence-corrected chi connectivity index (χ3v) is 5.67. The molecule has 1 atom stereocenters. The molecule has 2 amide bonds. The molecule has 1 heterocycles. The molecule has 0 saturated carbocycles. The van der Waals surface area contributed by atoms with Crippen molar-refractivity contribution in [2.24, 2.45) is 5.92 Å². The van der Waals surface area contributed by atoms with Gasteiger partial charge in [0.2, 0.25) is 11.8 Å². The monoisotopic (exact) mass is 460 g/mol. The van der Waals surface area contributed by atoms with Crippen LogP contribution >= 0.6 is 50.7 Å². The second-order valence-corrected chi connectivity index (χ2v) is 7.72. The average molecular weight is 463 g/mol. The number of carbonyl (C=O) groups is 2. The fourth-order valence-corrected chi connectivity index (χ4v) is 3.44. The van der Waals surface area contributed by atoms with Crippen LogP contribution in [-0.4, -0.2) is 18.4 Å². The van der Waals surface area contributed by atoms with Crippen LogP contribution in [0, 0.1) is 5.92 Å². The third-order valence-electron chi connectivity index (χ3n) is 3.88. The molecule has 0 bridgehead atoms. The van der Waals surface area contributed by atoms with Gasteiger partial charge in [-0.3, -0.25) is 9.59 Å². The Hall–Kier alpha value is -1.27. The van der Waals surface area contributed by atoms with E-state index in [1.54, 1.807) is 36.4 Å². The first-order chi connectivity index (χ1) is 11.8. The maximum absolute atomic E-state index is 12.5. The first kappa shape index (κ1) is 18.5. The van der Waals surface area contributed by atoms with E-state index in [1.807, 2.05) is 0 Å². The van der Waals surface area contributed by atoms with Gasteiger partial charge in [-0.15, -0.1) is 0 Å². The fourth-order valence-electron chi connectivity index (χ4n) is 2.63. The van der Waals surface area contributed by atoms with Crippen molar-refractivity contribution in [3.63, 3.8) is 0 Å². The number of nitrogens with zero attached hydrogens (tertiary/aromatic N) is 1. The molecule has 0 aliphatic carbocycles. The minimum absolute atomic E-state index is 0.110. The van der Waals surface area contributed by atoms with Crippen LogP contribution in [-0.2, 0) is 9.59 Å². The van der Waals surface area contributed by atoms with Gasteiger partial charge < -0.3 is 10.2 Å². The smallest absolute Gasteiger partial charge is 0.229 e. The minimum atomic E-state index is -0.482. The van der Waals surface area contributed by atoms with E-state index in [0.29, 0.717) is 26.4 Å². The van der Waals surface area contributed by atoms with Gasteiger partial charge in [-0.1, -0.05) is 34.8 Å². The summed E-state index contributed by atoms with van der Waals surface area (Å²) in [5.74, 6) is -0.893. The zero-order valence-electron chi connectivity index (χ0n) is 12.7. The van der Waals surface area contributed by atoms with Gasteiger partial charge in [0.05, 0.1) is 21.7 Å². The number of rotatable bonds is 3. The Kier molecular flexibility index (Phi) is 5.58. The minimum Gasteiger partial charge on any atom is -0.326 e. The summed E-state index contributed by atoms with van der Waals surface area (Å²) in [6.45, 7) is 0.245. The number of hydrogen-bond acceptors (Lipinski definition) is 2.